The second-order valence-corrected chi connectivity index (χ2v) is 3.13. The normalized spacial score (nSPS) is 24.8. The standard InChI is InChI=1S/C10H14O/c1-8-4-3-5-10(8)7-6-9(2)11/h6-7,10H,1,3-5H2,2H3/b7-6+. The molecule has 1 fully saturated rings. The van der Waals surface area contributed by atoms with Gasteiger partial charge in [-0.2, -0.15) is 0 Å². The monoisotopic (exact) mass is 150 g/mol. The minimum absolute atomic E-state index is 0.129. The van der Waals surface area contributed by atoms with E-state index in [-0.39, 0.29) is 5.78 Å². The van der Waals surface area contributed by atoms with Gasteiger partial charge in [0.1, 0.15) is 0 Å². The van der Waals surface area contributed by atoms with E-state index in [2.05, 4.69) is 6.58 Å². The minimum atomic E-state index is 0.129. The van der Waals surface area contributed by atoms with E-state index in [9.17, 15) is 4.79 Å². The topological polar surface area (TPSA) is 17.1 Å². The molecule has 1 atom stereocenters. The predicted molar refractivity (Wildman–Crippen MR) is 46.3 cm³/mol. The molecule has 1 heteroatoms. The van der Waals surface area contributed by atoms with Crippen LogP contribution in [0, 0.1) is 5.92 Å². The maximum absolute atomic E-state index is 10.6. The quantitative estimate of drug-likeness (QED) is 0.436. The summed E-state index contributed by atoms with van der Waals surface area (Å²) in [6.45, 7) is 5.53. The van der Waals surface area contributed by atoms with Gasteiger partial charge in [-0.1, -0.05) is 18.2 Å². The van der Waals surface area contributed by atoms with Crippen LogP contribution in [0.2, 0.25) is 0 Å². The molecule has 1 aliphatic carbocycles. The summed E-state index contributed by atoms with van der Waals surface area (Å²) in [6.07, 6.45) is 7.17. The van der Waals surface area contributed by atoms with Gasteiger partial charge in [0.05, 0.1) is 0 Å². The van der Waals surface area contributed by atoms with Gasteiger partial charge < -0.3 is 0 Å². The lowest BCUT2D eigenvalue weighted by Gasteiger charge is -2.01. The summed E-state index contributed by atoms with van der Waals surface area (Å²) in [5.41, 5.74) is 1.28. The zero-order valence-corrected chi connectivity index (χ0v) is 6.97. The van der Waals surface area contributed by atoms with Crippen LogP contribution in [0.15, 0.2) is 24.3 Å². The van der Waals surface area contributed by atoms with Crippen LogP contribution < -0.4 is 0 Å². The van der Waals surface area contributed by atoms with Crippen molar-refractivity contribution < 1.29 is 4.79 Å². The van der Waals surface area contributed by atoms with E-state index in [4.69, 9.17) is 0 Å². The van der Waals surface area contributed by atoms with Crippen molar-refractivity contribution in [2.45, 2.75) is 26.2 Å². The van der Waals surface area contributed by atoms with Crippen molar-refractivity contribution in [2.24, 2.45) is 5.92 Å². The molecule has 1 rings (SSSR count). The lowest BCUT2D eigenvalue weighted by Crippen LogP contribution is -1.91. The van der Waals surface area contributed by atoms with E-state index >= 15 is 0 Å². The van der Waals surface area contributed by atoms with Gasteiger partial charge in [-0.25, -0.2) is 0 Å². The molecular formula is C10H14O. The van der Waals surface area contributed by atoms with E-state index in [0.717, 1.165) is 6.42 Å². The molecule has 0 N–H and O–H groups in total. The summed E-state index contributed by atoms with van der Waals surface area (Å²) in [4.78, 5) is 10.6. The van der Waals surface area contributed by atoms with Crippen LogP contribution in [0.4, 0.5) is 0 Å². The van der Waals surface area contributed by atoms with Crippen molar-refractivity contribution in [3.63, 3.8) is 0 Å². The largest absolute Gasteiger partial charge is 0.295 e. The molecule has 0 aromatic carbocycles. The smallest absolute Gasteiger partial charge is 0.152 e. The number of hydrogen-bond acceptors (Lipinski definition) is 1. The van der Waals surface area contributed by atoms with Crippen LogP contribution >= 0.6 is 0 Å². The molecule has 0 spiro atoms. The highest BCUT2D eigenvalue weighted by Gasteiger charge is 2.15. The number of carbonyl (C=O) groups is 1. The van der Waals surface area contributed by atoms with Crippen molar-refractivity contribution in [3.05, 3.63) is 24.3 Å². The van der Waals surface area contributed by atoms with Crippen molar-refractivity contribution in [1.82, 2.24) is 0 Å². The highest BCUT2D eigenvalue weighted by atomic mass is 16.1. The molecule has 1 saturated carbocycles. The molecule has 11 heavy (non-hydrogen) atoms. The van der Waals surface area contributed by atoms with Gasteiger partial charge >= 0.3 is 0 Å². The van der Waals surface area contributed by atoms with Gasteiger partial charge in [0.15, 0.2) is 5.78 Å². The maximum Gasteiger partial charge on any atom is 0.152 e. The SMILES string of the molecule is C=C1CCCC1/C=C/C(C)=O. The first-order chi connectivity index (χ1) is 5.20. The number of allylic oxidation sites excluding steroid dienone is 3. The average Bonchev–Trinajstić information content (AvgIpc) is 2.31. The van der Waals surface area contributed by atoms with E-state index in [1.165, 1.54) is 18.4 Å². The van der Waals surface area contributed by atoms with Gasteiger partial charge in [0, 0.05) is 0 Å². The highest BCUT2D eigenvalue weighted by Crippen LogP contribution is 2.30. The Hall–Kier alpha value is -0.850. The van der Waals surface area contributed by atoms with Crippen LogP contribution in [-0.2, 0) is 4.79 Å². The van der Waals surface area contributed by atoms with Gasteiger partial charge in [0.2, 0.25) is 0 Å². The molecule has 0 saturated heterocycles. The molecule has 0 aromatic rings. The van der Waals surface area contributed by atoms with Crippen LogP contribution in [0.5, 0.6) is 0 Å². The Bertz CT molecular complexity index is 201. The Balaban J connectivity index is 2.48. The van der Waals surface area contributed by atoms with E-state index < -0.39 is 0 Å². The third-order valence-electron chi connectivity index (χ3n) is 2.10. The Morgan fingerprint density at radius 2 is 2.45 bits per heavy atom. The number of rotatable bonds is 2. The fraction of sp³-hybridized carbons (Fsp3) is 0.500. The average molecular weight is 150 g/mol. The van der Waals surface area contributed by atoms with Crippen molar-refractivity contribution in [2.75, 3.05) is 0 Å². The van der Waals surface area contributed by atoms with Gasteiger partial charge in [-0.3, -0.25) is 4.79 Å². The number of ketones is 1. The van der Waals surface area contributed by atoms with Crippen molar-refractivity contribution >= 4 is 5.78 Å². The summed E-state index contributed by atoms with van der Waals surface area (Å²) < 4.78 is 0. The minimum Gasteiger partial charge on any atom is -0.295 e. The van der Waals surface area contributed by atoms with Crippen LogP contribution in [0.3, 0.4) is 0 Å². The van der Waals surface area contributed by atoms with E-state index in [1.54, 1.807) is 13.0 Å². The predicted octanol–water partition coefficient (Wildman–Crippen LogP) is 2.49. The highest BCUT2D eigenvalue weighted by molar-refractivity contribution is 5.87. The third-order valence-corrected chi connectivity index (χ3v) is 2.10. The molecule has 1 nitrogen and oxygen atoms in total. The van der Waals surface area contributed by atoms with Crippen molar-refractivity contribution in [1.29, 1.82) is 0 Å². The van der Waals surface area contributed by atoms with Crippen LogP contribution in [0.1, 0.15) is 26.2 Å². The maximum atomic E-state index is 10.6. The second-order valence-electron chi connectivity index (χ2n) is 3.13. The van der Waals surface area contributed by atoms with Crippen molar-refractivity contribution in [3.8, 4) is 0 Å². The lowest BCUT2D eigenvalue weighted by atomic mass is 10.0. The molecule has 0 amide bonds. The zero-order valence-electron chi connectivity index (χ0n) is 6.97. The lowest BCUT2D eigenvalue weighted by molar-refractivity contribution is -0.112. The summed E-state index contributed by atoms with van der Waals surface area (Å²) in [5, 5.41) is 0. The molecule has 1 aliphatic rings. The Morgan fingerprint density at radius 1 is 1.73 bits per heavy atom. The fourth-order valence-corrected chi connectivity index (χ4v) is 1.42. The van der Waals surface area contributed by atoms with Gasteiger partial charge in [-0.05, 0) is 38.2 Å². The Kier molecular flexibility index (Phi) is 2.64. The summed E-state index contributed by atoms with van der Waals surface area (Å²) in [6, 6.07) is 0. The molecule has 0 bridgehead atoms. The molecule has 0 aliphatic heterocycles. The summed E-state index contributed by atoms with van der Waals surface area (Å²) in [5.74, 6) is 0.601. The molecule has 0 aromatic heterocycles. The second kappa shape index (κ2) is 3.51. The Morgan fingerprint density at radius 3 is 2.91 bits per heavy atom. The van der Waals surface area contributed by atoms with Gasteiger partial charge in [-0.15, -0.1) is 0 Å². The zero-order chi connectivity index (χ0) is 8.27. The summed E-state index contributed by atoms with van der Waals surface area (Å²) in [7, 11) is 0. The van der Waals surface area contributed by atoms with E-state index in [0.29, 0.717) is 5.92 Å². The summed E-state index contributed by atoms with van der Waals surface area (Å²) >= 11 is 0. The van der Waals surface area contributed by atoms with Crippen LogP contribution in [-0.4, -0.2) is 5.78 Å². The molecule has 0 heterocycles. The first kappa shape index (κ1) is 8.25. The van der Waals surface area contributed by atoms with E-state index in [1.807, 2.05) is 6.08 Å². The molecule has 1 unspecified atom stereocenters. The van der Waals surface area contributed by atoms with Crippen LogP contribution in [0.25, 0.3) is 0 Å². The molecule has 0 radical (unpaired) electrons. The fourth-order valence-electron chi connectivity index (χ4n) is 1.42. The molecule has 60 valence electrons. The number of carbonyl (C=O) groups excluding carboxylic acids is 1. The third kappa shape index (κ3) is 2.34. The first-order valence-corrected chi connectivity index (χ1v) is 4.06. The Labute approximate surface area is 67.8 Å². The molecular weight excluding hydrogens is 136 g/mol. The van der Waals surface area contributed by atoms with Gasteiger partial charge in [0.25, 0.3) is 0 Å². The first-order valence-electron chi connectivity index (χ1n) is 4.06. The number of hydrogen-bond donors (Lipinski definition) is 0.